The maximum absolute atomic E-state index is 12.0. The average Bonchev–Trinajstić information content (AvgIpc) is 3.14. The monoisotopic (exact) mass is 367 g/mol. The summed E-state index contributed by atoms with van der Waals surface area (Å²) in [4.78, 5) is 0. The lowest BCUT2D eigenvalue weighted by atomic mass is 10.1. The van der Waals surface area contributed by atoms with E-state index in [-0.39, 0.29) is 0 Å². The summed E-state index contributed by atoms with van der Waals surface area (Å²) in [5, 5.41) is 1.77. The SMILES string of the molecule is O=[P+](c1ccccc1)c1ccccc1.c1ccc2c(c1)Cc1ccccc1-2. The normalized spacial score (nSPS) is 11.0. The molecule has 1 aliphatic rings. The van der Waals surface area contributed by atoms with Crippen LogP contribution in [-0.2, 0) is 11.0 Å². The Morgan fingerprint density at radius 2 is 0.852 bits per heavy atom. The number of hydrogen-bond donors (Lipinski definition) is 0. The van der Waals surface area contributed by atoms with Gasteiger partial charge in [0.1, 0.15) is 0 Å². The number of rotatable bonds is 2. The minimum absolute atomic E-state index is 0.883. The van der Waals surface area contributed by atoms with E-state index in [4.69, 9.17) is 0 Å². The van der Waals surface area contributed by atoms with Crippen molar-refractivity contribution in [3.8, 4) is 11.1 Å². The number of fused-ring (bicyclic) bond motifs is 3. The lowest BCUT2D eigenvalue weighted by Gasteiger charge is -1.98. The molecule has 5 rings (SSSR count). The van der Waals surface area contributed by atoms with Crippen LogP contribution in [0.25, 0.3) is 11.1 Å². The third-order valence-corrected chi connectivity index (χ3v) is 6.22. The van der Waals surface area contributed by atoms with Crippen LogP contribution in [0.4, 0.5) is 0 Å². The molecule has 4 aromatic rings. The summed E-state index contributed by atoms with van der Waals surface area (Å²) in [6.07, 6.45) is 1.10. The molecule has 1 nitrogen and oxygen atoms in total. The second-order valence-corrected chi connectivity index (χ2v) is 8.08. The van der Waals surface area contributed by atoms with Crippen molar-refractivity contribution in [3.63, 3.8) is 0 Å². The van der Waals surface area contributed by atoms with Crippen LogP contribution in [0.5, 0.6) is 0 Å². The van der Waals surface area contributed by atoms with Gasteiger partial charge in [-0.2, -0.15) is 0 Å². The van der Waals surface area contributed by atoms with Crippen LogP contribution in [0.1, 0.15) is 11.1 Å². The predicted octanol–water partition coefficient (Wildman–Crippen LogP) is 5.72. The third kappa shape index (κ3) is 3.89. The van der Waals surface area contributed by atoms with E-state index in [0.29, 0.717) is 0 Å². The van der Waals surface area contributed by atoms with E-state index in [1.165, 1.54) is 22.3 Å². The fourth-order valence-corrected chi connectivity index (χ4v) is 4.54. The molecule has 0 atom stereocenters. The molecule has 0 saturated carbocycles. The fraction of sp³-hybridized carbons (Fsp3) is 0.0400. The average molecular weight is 367 g/mol. The molecule has 0 saturated heterocycles. The lowest BCUT2D eigenvalue weighted by Crippen LogP contribution is -2.04. The van der Waals surface area contributed by atoms with Crippen molar-refractivity contribution in [2.24, 2.45) is 0 Å². The molecule has 0 fully saturated rings. The van der Waals surface area contributed by atoms with Crippen molar-refractivity contribution >= 4 is 18.4 Å². The Labute approximate surface area is 161 Å². The van der Waals surface area contributed by atoms with Crippen LogP contribution in [0.2, 0.25) is 0 Å². The zero-order valence-corrected chi connectivity index (χ0v) is 15.8. The van der Waals surface area contributed by atoms with Crippen LogP contribution in [0.3, 0.4) is 0 Å². The summed E-state index contributed by atoms with van der Waals surface area (Å²) >= 11 is 0. The van der Waals surface area contributed by atoms with Gasteiger partial charge in [-0.1, -0.05) is 89.5 Å². The highest BCUT2D eigenvalue weighted by molar-refractivity contribution is 7.61. The molecule has 130 valence electrons. The van der Waals surface area contributed by atoms with Gasteiger partial charge in [0.25, 0.3) is 0 Å². The molecule has 1 aliphatic carbocycles. The van der Waals surface area contributed by atoms with E-state index >= 15 is 0 Å². The van der Waals surface area contributed by atoms with Crippen LogP contribution < -0.4 is 10.6 Å². The summed E-state index contributed by atoms with van der Waals surface area (Å²) in [5.41, 5.74) is 5.75. The van der Waals surface area contributed by atoms with E-state index in [9.17, 15) is 4.57 Å². The molecule has 0 bridgehead atoms. The van der Waals surface area contributed by atoms with E-state index in [1.54, 1.807) is 0 Å². The van der Waals surface area contributed by atoms with Crippen molar-refractivity contribution in [2.45, 2.75) is 6.42 Å². The Kier molecular flexibility index (Phi) is 5.23. The first-order valence-electron chi connectivity index (χ1n) is 9.06. The predicted molar refractivity (Wildman–Crippen MR) is 114 cm³/mol. The molecule has 0 aliphatic heterocycles. The zero-order valence-electron chi connectivity index (χ0n) is 15.0. The highest BCUT2D eigenvalue weighted by Crippen LogP contribution is 2.35. The molecule has 0 spiro atoms. The summed E-state index contributed by atoms with van der Waals surface area (Å²) in [5.74, 6) is 0. The summed E-state index contributed by atoms with van der Waals surface area (Å²) < 4.78 is 12.0. The molecule has 0 heterocycles. The summed E-state index contributed by atoms with van der Waals surface area (Å²) in [6, 6.07) is 36.4. The van der Waals surface area contributed by atoms with Crippen molar-refractivity contribution < 1.29 is 4.57 Å². The Balaban J connectivity index is 0.000000134. The van der Waals surface area contributed by atoms with E-state index < -0.39 is 7.80 Å². The van der Waals surface area contributed by atoms with Gasteiger partial charge in [-0.05, 0) is 52.9 Å². The standard InChI is InChI=1S/C13H10.C12H10OP/c1-3-7-12-10(5-1)9-11-6-2-4-8-13(11)12;13-14(11-7-3-1-4-8-11)12-9-5-2-6-10-12/h1-8H,9H2;1-10H/q;+1. The van der Waals surface area contributed by atoms with Gasteiger partial charge in [-0.25, -0.2) is 0 Å². The van der Waals surface area contributed by atoms with Gasteiger partial charge in [0.15, 0.2) is 10.6 Å². The maximum atomic E-state index is 12.0. The summed E-state index contributed by atoms with van der Waals surface area (Å²) in [6.45, 7) is 0. The fourth-order valence-electron chi connectivity index (χ4n) is 3.36. The Hall–Kier alpha value is -3.02. The first-order valence-corrected chi connectivity index (χ1v) is 10.3. The van der Waals surface area contributed by atoms with Crippen molar-refractivity contribution in [1.82, 2.24) is 0 Å². The summed E-state index contributed by atoms with van der Waals surface area (Å²) in [7, 11) is -1.42. The van der Waals surface area contributed by atoms with Crippen molar-refractivity contribution in [1.29, 1.82) is 0 Å². The first-order chi connectivity index (χ1) is 13.3. The van der Waals surface area contributed by atoms with Gasteiger partial charge in [-0.3, -0.25) is 0 Å². The molecule has 0 aromatic heterocycles. The van der Waals surface area contributed by atoms with E-state index in [2.05, 4.69) is 48.5 Å². The Morgan fingerprint density at radius 3 is 1.30 bits per heavy atom. The Bertz CT molecular complexity index is 971. The largest absolute Gasteiger partial charge is 0.415 e. The topological polar surface area (TPSA) is 17.1 Å². The highest BCUT2D eigenvalue weighted by atomic mass is 31.1. The molecule has 0 radical (unpaired) electrons. The van der Waals surface area contributed by atoms with Crippen molar-refractivity contribution in [3.05, 3.63) is 120 Å². The highest BCUT2D eigenvalue weighted by Gasteiger charge is 2.21. The van der Waals surface area contributed by atoms with Gasteiger partial charge >= 0.3 is 7.80 Å². The molecular formula is C25H20OP+. The molecule has 27 heavy (non-hydrogen) atoms. The molecular weight excluding hydrogens is 347 g/mol. The van der Waals surface area contributed by atoms with Crippen LogP contribution >= 0.6 is 7.80 Å². The minimum Gasteiger partial charge on any atom is -0.0619 e. The maximum Gasteiger partial charge on any atom is 0.415 e. The smallest absolute Gasteiger partial charge is 0.0619 e. The molecule has 0 unspecified atom stereocenters. The van der Waals surface area contributed by atoms with Gasteiger partial charge in [0, 0.05) is 0 Å². The first kappa shape index (κ1) is 17.4. The van der Waals surface area contributed by atoms with Gasteiger partial charge in [-0.15, -0.1) is 0 Å². The number of benzene rings is 4. The van der Waals surface area contributed by atoms with Gasteiger partial charge in [0.2, 0.25) is 0 Å². The van der Waals surface area contributed by atoms with Crippen LogP contribution in [-0.4, -0.2) is 0 Å². The van der Waals surface area contributed by atoms with Crippen LogP contribution in [0, 0.1) is 0 Å². The third-order valence-electron chi connectivity index (χ3n) is 4.69. The second-order valence-electron chi connectivity index (χ2n) is 6.46. The minimum atomic E-state index is -1.42. The quantitative estimate of drug-likeness (QED) is 0.365. The second kappa shape index (κ2) is 8.12. The molecule has 0 N–H and O–H groups in total. The van der Waals surface area contributed by atoms with Gasteiger partial charge < -0.3 is 0 Å². The van der Waals surface area contributed by atoms with Gasteiger partial charge in [0.05, 0.1) is 0 Å². The molecule has 2 heteroatoms. The van der Waals surface area contributed by atoms with Crippen molar-refractivity contribution in [2.75, 3.05) is 0 Å². The van der Waals surface area contributed by atoms with Crippen LogP contribution in [0.15, 0.2) is 109 Å². The zero-order chi connectivity index (χ0) is 18.5. The molecule has 0 amide bonds. The lowest BCUT2D eigenvalue weighted by molar-refractivity contribution is 0.598. The Morgan fingerprint density at radius 1 is 0.481 bits per heavy atom. The van der Waals surface area contributed by atoms with E-state index in [0.717, 1.165) is 17.0 Å². The van der Waals surface area contributed by atoms with E-state index in [1.807, 2.05) is 60.7 Å². The number of hydrogen-bond acceptors (Lipinski definition) is 1. The molecule has 4 aromatic carbocycles.